The number of hydrogen-bond acceptors (Lipinski definition) is 4. The van der Waals surface area contributed by atoms with E-state index in [1.165, 1.54) is 12.1 Å². The summed E-state index contributed by atoms with van der Waals surface area (Å²) in [6, 6.07) is 2.87. The summed E-state index contributed by atoms with van der Waals surface area (Å²) >= 11 is 18.1. The van der Waals surface area contributed by atoms with Crippen molar-refractivity contribution in [3.63, 3.8) is 0 Å². The van der Waals surface area contributed by atoms with Gasteiger partial charge in [0.1, 0.15) is 5.76 Å². The van der Waals surface area contributed by atoms with Crippen molar-refractivity contribution in [2.75, 3.05) is 6.61 Å². The van der Waals surface area contributed by atoms with E-state index < -0.39 is 11.5 Å². The number of halogens is 3. The minimum atomic E-state index is -0.974. The minimum absolute atomic E-state index is 0.107. The number of benzene rings is 1. The molecule has 0 aromatic heterocycles. The zero-order valence-electron chi connectivity index (χ0n) is 12.3. The van der Waals surface area contributed by atoms with E-state index in [-0.39, 0.29) is 39.3 Å². The Balaban J connectivity index is 2.57. The molecule has 1 aliphatic rings. The van der Waals surface area contributed by atoms with Crippen LogP contribution in [0.25, 0.3) is 0 Å². The van der Waals surface area contributed by atoms with Gasteiger partial charge in [-0.05, 0) is 31.9 Å². The van der Waals surface area contributed by atoms with Crippen molar-refractivity contribution in [1.82, 2.24) is 0 Å². The summed E-state index contributed by atoms with van der Waals surface area (Å²) in [5, 5.41) is 17.1. The summed E-state index contributed by atoms with van der Waals surface area (Å²) in [6.45, 7) is 1.75. The van der Waals surface area contributed by atoms with Gasteiger partial charge in [0.15, 0.2) is 5.57 Å². The summed E-state index contributed by atoms with van der Waals surface area (Å²) in [7, 11) is 0. The van der Waals surface area contributed by atoms with Crippen LogP contribution in [0.3, 0.4) is 0 Å². The number of hydrogen-bond donors (Lipinski definition) is 3. The van der Waals surface area contributed by atoms with E-state index in [1.54, 1.807) is 6.92 Å². The largest absolute Gasteiger partial charge is 0.509 e. The molecule has 0 aliphatic heterocycles. The van der Waals surface area contributed by atoms with Crippen molar-refractivity contribution >= 4 is 46.5 Å². The van der Waals surface area contributed by atoms with Crippen LogP contribution in [0, 0.1) is 0 Å². The lowest BCUT2D eigenvalue weighted by molar-refractivity contribution is -0.140. The van der Waals surface area contributed by atoms with Gasteiger partial charge < -0.3 is 15.6 Å². The van der Waals surface area contributed by atoms with Crippen LogP contribution in [0.5, 0.6) is 0 Å². The normalized spacial score (nSPS) is 16.6. The zero-order chi connectivity index (χ0) is 17.4. The molecule has 5 N–H and O–H groups in total. The summed E-state index contributed by atoms with van der Waals surface area (Å²) in [5.41, 5.74) is 4.86. The Labute approximate surface area is 148 Å². The quantitative estimate of drug-likeness (QED) is 0.316. The third kappa shape index (κ3) is 3.63. The molecule has 0 radical (unpaired) electrons. The van der Waals surface area contributed by atoms with Crippen LogP contribution in [0.15, 0.2) is 23.5 Å². The number of carbonyl (C=O) groups is 1. The van der Waals surface area contributed by atoms with Crippen molar-refractivity contribution < 1.29 is 20.0 Å². The van der Waals surface area contributed by atoms with Crippen molar-refractivity contribution in [2.45, 2.75) is 25.3 Å². The second-order valence-corrected chi connectivity index (χ2v) is 6.51. The predicted octanol–water partition coefficient (Wildman–Crippen LogP) is 2.06. The van der Waals surface area contributed by atoms with Gasteiger partial charge in [-0.25, -0.2) is 4.79 Å². The SMILES string of the molecule is CCOC(=O)/C(C(=[NH2+])c1c(Cl)cc(Cl)cc1Cl)=C(/O)C1(N)CC1. The Morgan fingerprint density at radius 1 is 1.35 bits per heavy atom. The van der Waals surface area contributed by atoms with Gasteiger partial charge in [0.2, 0.25) is 5.71 Å². The Morgan fingerprint density at radius 2 is 1.87 bits per heavy atom. The smallest absolute Gasteiger partial charge is 0.348 e. The molecule has 1 aliphatic carbocycles. The lowest BCUT2D eigenvalue weighted by Gasteiger charge is -2.14. The maximum absolute atomic E-state index is 12.3. The Morgan fingerprint density at radius 3 is 2.30 bits per heavy atom. The topological polar surface area (TPSA) is 98.1 Å². The molecule has 0 heterocycles. The summed E-state index contributed by atoms with van der Waals surface area (Å²) < 4.78 is 4.97. The molecule has 8 heteroatoms. The van der Waals surface area contributed by atoms with Crippen LogP contribution < -0.4 is 11.1 Å². The monoisotopic (exact) mass is 377 g/mol. The molecule has 0 atom stereocenters. The van der Waals surface area contributed by atoms with E-state index in [0.717, 1.165) is 0 Å². The standard InChI is InChI=1S/C15H15Cl3N2O3/c1-2-23-14(22)11(13(21)15(20)3-4-15)12(19)10-8(17)5-7(16)6-9(10)18/h5-6,19,21H,2-4,20H2,1H3/p+1/b13-11+,19-12?. The molecule has 0 unspecified atom stereocenters. The Kier molecular flexibility index (Phi) is 5.26. The van der Waals surface area contributed by atoms with Crippen molar-refractivity contribution in [3.05, 3.63) is 44.1 Å². The van der Waals surface area contributed by atoms with Gasteiger partial charge >= 0.3 is 5.97 Å². The first-order valence-electron chi connectivity index (χ1n) is 6.88. The van der Waals surface area contributed by atoms with E-state index in [2.05, 4.69) is 0 Å². The minimum Gasteiger partial charge on any atom is -0.509 e. The third-order valence-corrected chi connectivity index (χ3v) is 4.34. The molecule has 0 bridgehead atoms. The third-order valence-electron chi connectivity index (χ3n) is 3.52. The average molecular weight is 379 g/mol. The molecule has 0 saturated heterocycles. The van der Waals surface area contributed by atoms with E-state index >= 15 is 0 Å². The second kappa shape index (κ2) is 6.69. The van der Waals surface area contributed by atoms with E-state index in [0.29, 0.717) is 17.9 Å². The molecular formula is C15H16Cl3N2O3+. The maximum Gasteiger partial charge on any atom is 0.348 e. The fraction of sp³-hybridized carbons (Fsp3) is 0.333. The number of aliphatic hydroxyl groups is 1. The molecule has 1 fully saturated rings. The molecule has 0 spiro atoms. The number of rotatable bonds is 5. The second-order valence-electron chi connectivity index (χ2n) is 5.26. The van der Waals surface area contributed by atoms with Crippen LogP contribution in [0.2, 0.25) is 15.1 Å². The summed E-state index contributed by atoms with van der Waals surface area (Å²) in [5.74, 6) is -1.11. The lowest BCUT2D eigenvalue weighted by atomic mass is 9.98. The van der Waals surface area contributed by atoms with Gasteiger partial charge in [-0.1, -0.05) is 34.8 Å². The van der Waals surface area contributed by atoms with Gasteiger partial charge in [-0.2, -0.15) is 0 Å². The highest BCUT2D eigenvalue weighted by Gasteiger charge is 2.47. The molecule has 1 aromatic carbocycles. The van der Waals surface area contributed by atoms with Crippen LogP contribution >= 0.6 is 34.8 Å². The van der Waals surface area contributed by atoms with E-state index in [4.69, 9.17) is 50.7 Å². The van der Waals surface area contributed by atoms with Crippen molar-refractivity contribution in [2.24, 2.45) is 5.73 Å². The molecule has 1 aromatic rings. The lowest BCUT2D eigenvalue weighted by Crippen LogP contribution is -2.46. The van der Waals surface area contributed by atoms with Crippen LogP contribution in [-0.2, 0) is 9.53 Å². The number of esters is 1. The average Bonchev–Trinajstić information content (AvgIpc) is 3.17. The van der Waals surface area contributed by atoms with Crippen molar-refractivity contribution in [1.29, 1.82) is 0 Å². The number of nitrogens with two attached hydrogens (primary N) is 2. The first-order valence-corrected chi connectivity index (χ1v) is 8.02. The van der Waals surface area contributed by atoms with Gasteiger partial charge in [0, 0.05) is 5.02 Å². The summed E-state index contributed by atoms with van der Waals surface area (Å²) in [6.07, 6.45) is 1.08. The molecule has 5 nitrogen and oxygen atoms in total. The highest BCUT2D eigenvalue weighted by atomic mass is 35.5. The highest BCUT2D eigenvalue weighted by Crippen LogP contribution is 2.40. The first-order chi connectivity index (χ1) is 10.7. The molecule has 124 valence electrons. The molecular weight excluding hydrogens is 363 g/mol. The van der Waals surface area contributed by atoms with E-state index in [9.17, 15) is 9.90 Å². The zero-order valence-corrected chi connectivity index (χ0v) is 14.6. The van der Waals surface area contributed by atoms with Crippen LogP contribution in [-0.4, -0.2) is 28.9 Å². The van der Waals surface area contributed by atoms with Crippen LogP contribution in [0.4, 0.5) is 0 Å². The highest BCUT2D eigenvalue weighted by molar-refractivity contribution is 6.44. The van der Waals surface area contributed by atoms with Crippen molar-refractivity contribution in [3.8, 4) is 0 Å². The van der Waals surface area contributed by atoms with Gasteiger partial charge in [0.05, 0.1) is 27.8 Å². The number of ether oxygens (including phenoxy) is 1. The molecule has 1 saturated carbocycles. The number of carbonyl (C=O) groups excluding carboxylic acids is 1. The molecule has 0 amide bonds. The van der Waals surface area contributed by atoms with Gasteiger partial charge in [-0.15, -0.1) is 0 Å². The van der Waals surface area contributed by atoms with Crippen LogP contribution in [0.1, 0.15) is 25.3 Å². The fourth-order valence-corrected chi connectivity index (χ4v) is 3.10. The molecule has 23 heavy (non-hydrogen) atoms. The molecule has 2 rings (SSSR count). The fourth-order valence-electron chi connectivity index (χ4n) is 2.08. The Hall–Kier alpha value is -1.27. The predicted molar refractivity (Wildman–Crippen MR) is 89.9 cm³/mol. The van der Waals surface area contributed by atoms with E-state index in [1.807, 2.05) is 0 Å². The Bertz CT molecular complexity index is 689. The maximum atomic E-state index is 12.3. The first kappa shape index (κ1) is 18.1. The summed E-state index contributed by atoms with van der Waals surface area (Å²) in [4.78, 5) is 12.3. The van der Waals surface area contributed by atoms with Gasteiger partial charge in [-0.3, -0.25) is 5.41 Å². The number of aliphatic hydroxyl groups excluding tert-OH is 1. The van der Waals surface area contributed by atoms with Gasteiger partial charge in [0.25, 0.3) is 0 Å².